The number of hydrogen-bond donors (Lipinski definition) is 0. The molecule has 0 bridgehead atoms. The Hall–Kier alpha value is -0.830. The van der Waals surface area contributed by atoms with E-state index >= 15 is 0 Å². The molecule has 0 radical (unpaired) electrons. The van der Waals surface area contributed by atoms with Gasteiger partial charge in [0, 0.05) is 26.1 Å². The van der Waals surface area contributed by atoms with Crippen molar-refractivity contribution in [3.8, 4) is 0 Å². The van der Waals surface area contributed by atoms with Crippen LogP contribution in [0, 0.1) is 11.8 Å². The van der Waals surface area contributed by atoms with Crippen molar-refractivity contribution in [3.05, 3.63) is 12.2 Å². The molecule has 3 nitrogen and oxygen atoms in total. The topological polar surface area (TPSA) is 23.6 Å². The molecule has 0 aromatic carbocycles. The summed E-state index contributed by atoms with van der Waals surface area (Å²) in [7, 11) is 0. The van der Waals surface area contributed by atoms with Gasteiger partial charge >= 0.3 is 0 Å². The van der Waals surface area contributed by atoms with Crippen LogP contribution in [0.5, 0.6) is 0 Å². The van der Waals surface area contributed by atoms with Crippen LogP contribution >= 0.6 is 0 Å². The number of amides is 1. The predicted molar refractivity (Wildman–Crippen MR) is 90.7 cm³/mol. The summed E-state index contributed by atoms with van der Waals surface area (Å²) in [4.78, 5) is 16.9. The van der Waals surface area contributed by atoms with Gasteiger partial charge in [0.25, 0.3) is 0 Å². The molecule has 2 aliphatic heterocycles. The summed E-state index contributed by atoms with van der Waals surface area (Å²) in [6.07, 6.45) is 15.6. The molecule has 1 amide bonds. The molecule has 0 spiro atoms. The van der Waals surface area contributed by atoms with Gasteiger partial charge in [0.2, 0.25) is 5.91 Å². The average molecular weight is 304 g/mol. The molecule has 3 rings (SSSR count). The van der Waals surface area contributed by atoms with E-state index in [1.54, 1.807) is 0 Å². The van der Waals surface area contributed by atoms with E-state index in [9.17, 15) is 4.79 Å². The molecule has 0 aromatic rings. The molecule has 1 unspecified atom stereocenters. The number of carbonyl (C=O) groups excluding carboxylic acids is 1. The molecule has 3 heteroatoms. The van der Waals surface area contributed by atoms with E-state index in [0.29, 0.717) is 5.91 Å². The minimum Gasteiger partial charge on any atom is -0.343 e. The van der Waals surface area contributed by atoms with Gasteiger partial charge in [-0.3, -0.25) is 4.79 Å². The quantitative estimate of drug-likeness (QED) is 0.726. The minimum atomic E-state index is 0.411. The Morgan fingerprint density at radius 3 is 2.41 bits per heavy atom. The van der Waals surface area contributed by atoms with Gasteiger partial charge in [-0.1, -0.05) is 12.2 Å². The highest BCUT2D eigenvalue weighted by atomic mass is 16.2. The van der Waals surface area contributed by atoms with Crippen LogP contribution in [0.2, 0.25) is 0 Å². The lowest BCUT2D eigenvalue weighted by atomic mass is 9.89. The number of piperidine rings is 1. The Kier molecular flexibility index (Phi) is 5.94. The normalized spacial score (nSPS) is 27.5. The first-order chi connectivity index (χ1) is 10.8. The van der Waals surface area contributed by atoms with Gasteiger partial charge in [-0.2, -0.15) is 0 Å². The zero-order valence-electron chi connectivity index (χ0n) is 14.0. The van der Waals surface area contributed by atoms with E-state index in [4.69, 9.17) is 0 Å². The van der Waals surface area contributed by atoms with Crippen LogP contribution in [0.4, 0.5) is 0 Å². The van der Waals surface area contributed by atoms with Gasteiger partial charge in [0.15, 0.2) is 0 Å². The fraction of sp³-hybridized carbons (Fsp3) is 0.842. The lowest BCUT2D eigenvalue weighted by molar-refractivity contribution is -0.130. The first-order valence-corrected chi connectivity index (χ1v) is 9.46. The van der Waals surface area contributed by atoms with Crippen molar-refractivity contribution >= 4 is 5.91 Å². The molecule has 124 valence electrons. The summed E-state index contributed by atoms with van der Waals surface area (Å²) in [6.45, 7) is 5.82. The minimum absolute atomic E-state index is 0.411. The molecule has 3 aliphatic rings. The molecule has 1 aliphatic carbocycles. The third-order valence-electron chi connectivity index (χ3n) is 5.83. The van der Waals surface area contributed by atoms with Gasteiger partial charge in [-0.05, 0) is 76.3 Å². The second-order valence-electron chi connectivity index (χ2n) is 7.52. The molecular formula is C19H32N2O. The number of nitrogens with zero attached hydrogens (tertiary/aromatic N) is 2. The summed E-state index contributed by atoms with van der Waals surface area (Å²) < 4.78 is 0. The van der Waals surface area contributed by atoms with Gasteiger partial charge in [-0.15, -0.1) is 0 Å². The molecule has 2 saturated heterocycles. The van der Waals surface area contributed by atoms with Crippen molar-refractivity contribution in [2.45, 2.75) is 57.8 Å². The lowest BCUT2D eigenvalue weighted by Crippen LogP contribution is -2.37. The molecule has 2 heterocycles. The Balaban J connectivity index is 1.31. The van der Waals surface area contributed by atoms with Gasteiger partial charge in [0.1, 0.15) is 0 Å². The maximum Gasteiger partial charge on any atom is 0.222 e. The van der Waals surface area contributed by atoms with Crippen LogP contribution in [-0.4, -0.2) is 48.4 Å². The zero-order chi connectivity index (χ0) is 15.2. The first-order valence-electron chi connectivity index (χ1n) is 9.46. The maximum absolute atomic E-state index is 12.1. The SMILES string of the molecule is O=C(CCC1CCN(CC2CC=CCC2)CC1)N1CCCC1. The number of rotatable bonds is 5. The van der Waals surface area contributed by atoms with Crippen molar-refractivity contribution in [2.75, 3.05) is 32.7 Å². The van der Waals surface area contributed by atoms with Gasteiger partial charge in [0.05, 0.1) is 0 Å². The number of hydrogen-bond acceptors (Lipinski definition) is 2. The van der Waals surface area contributed by atoms with E-state index in [1.165, 1.54) is 64.6 Å². The van der Waals surface area contributed by atoms with E-state index in [0.717, 1.165) is 37.8 Å². The monoisotopic (exact) mass is 304 g/mol. The predicted octanol–water partition coefficient (Wildman–Crippen LogP) is 3.46. The van der Waals surface area contributed by atoms with Crippen LogP contribution < -0.4 is 0 Å². The summed E-state index contributed by atoms with van der Waals surface area (Å²) in [5.41, 5.74) is 0. The fourth-order valence-electron chi connectivity index (χ4n) is 4.30. The van der Waals surface area contributed by atoms with E-state index in [1.807, 2.05) is 0 Å². The first kappa shape index (κ1) is 16.0. The highest BCUT2D eigenvalue weighted by Crippen LogP contribution is 2.26. The van der Waals surface area contributed by atoms with Crippen molar-refractivity contribution < 1.29 is 4.79 Å². The van der Waals surface area contributed by atoms with Crippen molar-refractivity contribution in [1.82, 2.24) is 9.80 Å². The molecule has 1 atom stereocenters. The molecule has 0 N–H and O–H groups in total. The van der Waals surface area contributed by atoms with Crippen molar-refractivity contribution in [2.24, 2.45) is 11.8 Å². The number of carbonyl (C=O) groups is 1. The third-order valence-corrected chi connectivity index (χ3v) is 5.83. The third kappa shape index (κ3) is 4.58. The molecule has 0 saturated carbocycles. The highest BCUT2D eigenvalue weighted by Gasteiger charge is 2.24. The summed E-state index contributed by atoms with van der Waals surface area (Å²) >= 11 is 0. The average Bonchev–Trinajstić information content (AvgIpc) is 3.09. The van der Waals surface area contributed by atoms with Crippen LogP contribution in [0.3, 0.4) is 0 Å². The highest BCUT2D eigenvalue weighted by molar-refractivity contribution is 5.76. The second kappa shape index (κ2) is 8.14. The van der Waals surface area contributed by atoms with Crippen LogP contribution in [0.15, 0.2) is 12.2 Å². The van der Waals surface area contributed by atoms with E-state index in [-0.39, 0.29) is 0 Å². The molecule has 0 aromatic heterocycles. The molecular weight excluding hydrogens is 272 g/mol. The zero-order valence-corrected chi connectivity index (χ0v) is 14.0. The number of allylic oxidation sites excluding steroid dienone is 2. The lowest BCUT2D eigenvalue weighted by Gasteiger charge is -2.34. The van der Waals surface area contributed by atoms with Crippen LogP contribution in [0.25, 0.3) is 0 Å². The van der Waals surface area contributed by atoms with Gasteiger partial charge in [-0.25, -0.2) is 0 Å². The largest absolute Gasteiger partial charge is 0.343 e. The Bertz CT molecular complexity index is 379. The van der Waals surface area contributed by atoms with E-state index < -0.39 is 0 Å². The Morgan fingerprint density at radius 1 is 0.955 bits per heavy atom. The smallest absolute Gasteiger partial charge is 0.222 e. The standard InChI is InChI=1S/C19H32N2O/c22-19(21-12-4-5-13-21)9-8-17-10-14-20(15-11-17)16-18-6-2-1-3-7-18/h1-2,17-18H,3-16H2. The Labute approximate surface area is 135 Å². The van der Waals surface area contributed by atoms with Crippen molar-refractivity contribution in [1.29, 1.82) is 0 Å². The van der Waals surface area contributed by atoms with Crippen molar-refractivity contribution in [3.63, 3.8) is 0 Å². The Morgan fingerprint density at radius 2 is 1.73 bits per heavy atom. The fourth-order valence-corrected chi connectivity index (χ4v) is 4.30. The summed E-state index contributed by atoms with van der Waals surface area (Å²) in [5, 5.41) is 0. The number of likely N-dealkylation sites (tertiary alicyclic amines) is 2. The summed E-state index contributed by atoms with van der Waals surface area (Å²) in [6, 6.07) is 0. The van der Waals surface area contributed by atoms with Gasteiger partial charge < -0.3 is 9.80 Å². The second-order valence-corrected chi connectivity index (χ2v) is 7.52. The summed E-state index contributed by atoms with van der Waals surface area (Å²) in [5.74, 6) is 2.08. The molecule has 22 heavy (non-hydrogen) atoms. The van der Waals surface area contributed by atoms with Crippen LogP contribution in [0.1, 0.15) is 57.8 Å². The van der Waals surface area contributed by atoms with Crippen LogP contribution in [-0.2, 0) is 4.79 Å². The van der Waals surface area contributed by atoms with E-state index in [2.05, 4.69) is 22.0 Å². The molecule has 2 fully saturated rings. The maximum atomic E-state index is 12.1.